The number of nitrogens with zero attached hydrogens (tertiary/aromatic N) is 1. The Kier molecular flexibility index (Phi) is 3.43. The molecule has 0 bridgehead atoms. The molecule has 11 heavy (non-hydrogen) atoms. The van der Waals surface area contributed by atoms with Gasteiger partial charge in [0.05, 0.1) is 5.69 Å². The Morgan fingerprint density at radius 1 is 1.45 bits per heavy atom. The van der Waals surface area contributed by atoms with E-state index in [0.717, 1.165) is 5.75 Å². The normalized spacial score (nSPS) is 10.5. The third kappa shape index (κ3) is 3.42. The molecule has 0 fully saturated rings. The zero-order chi connectivity index (χ0) is 8.10. The van der Waals surface area contributed by atoms with Crippen LogP contribution >= 0.6 is 11.8 Å². The van der Waals surface area contributed by atoms with Crippen LogP contribution in [0, 0.1) is 0 Å². The van der Waals surface area contributed by atoms with Crippen LogP contribution in [-0.4, -0.2) is 10.2 Å². The number of hydrogen-bond acceptors (Lipinski definition) is 2. The minimum absolute atomic E-state index is 0.692. The summed E-state index contributed by atoms with van der Waals surface area (Å²) in [7, 11) is 0. The van der Waals surface area contributed by atoms with Crippen LogP contribution in [0.5, 0.6) is 0 Å². The predicted octanol–water partition coefficient (Wildman–Crippen LogP) is 2.72. The molecule has 1 aromatic heterocycles. The van der Waals surface area contributed by atoms with Gasteiger partial charge >= 0.3 is 0 Å². The van der Waals surface area contributed by atoms with Crippen LogP contribution in [0.3, 0.4) is 0 Å². The lowest BCUT2D eigenvalue weighted by Crippen LogP contribution is -1.90. The van der Waals surface area contributed by atoms with Crippen molar-refractivity contribution in [2.75, 3.05) is 0 Å². The molecule has 0 unspecified atom stereocenters. The van der Waals surface area contributed by atoms with Gasteiger partial charge in [-0.15, -0.1) is 0 Å². The van der Waals surface area contributed by atoms with Crippen LogP contribution in [0.1, 0.15) is 19.5 Å². The van der Waals surface area contributed by atoms with Crippen LogP contribution in [0.25, 0.3) is 0 Å². The highest BCUT2D eigenvalue weighted by Gasteiger charge is 1.95. The summed E-state index contributed by atoms with van der Waals surface area (Å²) in [5.74, 6) is 1.03. The smallest absolute Gasteiger partial charge is 0.0502 e. The highest BCUT2D eigenvalue weighted by atomic mass is 32.2. The maximum Gasteiger partial charge on any atom is 0.0502 e. The van der Waals surface area contributed by atoms with Gasteiger partial charge in [0.2, 0.25) is 0 Å². The monoisotopic (exact) mass is 167 g/mol. The average molecular weight is 167 g/mol. The Bertz CT molecular complexity index is 196. The van der Waals surface area contributed by atoms with Gasteiger partial charge in [0.1, 0.15) is 0 Å². The number of hydrogen-bond donors (Lipinski definition) is 0. The van der Waals surface area contributed by atoms with Crippen LogP contribution in [0.15, 0.2) is 24.4 Å². The van der Waals surface area contributed by atoms with Gasteiger partial charge in [0.15, 0.2) is 0 Å². The maximum atomic E-state index is 4.23. The van der Waals surface area contributed by atoms with Crippen LogP contribution < -0.4 is 0 Å². The lowest BCUT2D eigenvalue weighted by molar-refractivity contribution is 1.09. The first-order valence-corrected chi connectivity index (χ1v) is 4.85. The Labute approximate surface area is 72.2 Å². The van der Waals surface area contributed by atoms with Gasteiger partial charge in [0, 0.05) is 11.9 Å². The Morgan fingerprint density at radius 3 is 2.82 bits per heavy atom. The fourth-order valence-corrected chi connectivity index (χ4v) is 1.41. The van der Waals surface area contributed by atoms with Crippen molar-refractivity contribution in [3.05, 3.63) is 30.1 Å². The van der Waals surface area contributed by atoms with Crippen molar-refractivity contribution in [2.45, 2.75) is 24.9 Å². The lowest BCUT2D eigenvalue weighted by Gasteiger charge is -2.02. The molecule has 2 heteroatoms. The average Bonchev–Trinajstić information content (AvgIpc) is 2.03. The van der Waals surface area contributed by atoms with Crippen molar-refractivity contribution in [1.82, 2.24) is 4.98 Å². The molecule has 1 rings (SSSR count). The van der Waals surface area contributed by atoms with Gasteiger partial charge in [-0.1, -0.05) is 19.9 Å². The summed E-state index contributed by atoms with van der Waals surface area (Å²) in [6, 6.07) is 6.04. The summed E-state index contributed by atoms with van der Waals surface area (Å²) in [6.07, 6.45) is 1.84. The molecule has 60 valence electrons. The van der Waals surface area contributed by atoms with Crippen molar-refractivity contribution in [1.29, 1.82) is 0 Å². The number of thioether (sulfide) groups is 1. The largest absolute Gasteiger partial charge is 0.260 e. The topological polar surface area (TPSA) is 12.9 Å². The van der Waals surface area contributed by atoms with Crippen molar-refractivity contribution >= 4 is 11.8 Å². The molecule has 0 aromatic carbocycles. The molecular weight excluding hydrogens is 154 g/mol. The number of rotatable bonds is 3. The van der Waals surface area contributed by atoms with Crippen LogP contribution in [0.2, 0.25) is 0 Å². The highest BCUT2D eigenvalue weighted by Crippen LogP contribution is 2.14. The molecular formula is C9H13NS. The quantitative estimate of drug-likeness (QED) is 0.686. The summed E-state index contributed by atoms with van der Waals surface area (Å²) < 4.78 is 0. The van der Waals surface area contributed by atoms with E-state index in [0.29, 0.717) is 5.25 Å². The molecule has 1 aromatic rings. The second kappa shape index (κ2) is 4.39. The summed E-state index contributed by atoms with van der Waals surface area (Å²) >= 11 is 1.92. The molecule has 0 aliphatic carbocycles. The van der Waals surface area contributed by atoms with E-state index in [-0.39, 0.29) is 0 Å². The first-order valence-electron chi connectivity index (χ1n) is 3.80. The van der Waals surface area contributed by atoms with Gasteiger partial charge in [-0.25, -0.2) is 0 Å². The molecule has 0 saturated carbocycles. The molecule has 0 saturated heterocycles. The summed E-state index contributed by atoms with van der Waals surface area (Å²) in [4.78, 5) is 4.23. The molecule has 0 aliphatic heterocycles. The van der Waals surface area contributed by atoms with Crippen LogP contribution in [0.4, 0.5) is 0 Å². The van der Waals surface area contributed by atoms with E-state index in [1.54, 1.807) is 0 Å². The Morgan fingerprint density at radius 2 is 2.27 bits per heavy atom. The van der Waals surface area contributed by atoms with E-state index < -0.39 is 0 Å². The molecule has 0 aliphatic rings. The van der Waals surface area contributed by atoms with E-state index in [1.807, 2.05) is 30.1 Å². The summed E-state index contributed by atoms with van der Waals surface area (Å²) in [5.41, 5.74) is 1.17. The van der Waals surface area contributed by atoms with Crippen molar-refractivity contribution in [3.8, 4) is 0 Å². The van der Waals surface area contributed by atoms with E-state index in [1.165, 1.54) is 5.69 Å². The van der Waals surface area contributed by atoms with Gasteiger partial charge in [-0.05, 0) is 17.4 Å². The van der Waals surface area contributed by atoms with Gasteiger partial charge < -0.3 is 0 Å². The fraction of sp³-hybridized carbons (Fsp3) is 0.444. The second-order valence-corrected chi connectivity index (χ2v) is 4.25. The zero-order valence-electron chi connectivity index (χ0n) is 6.95. The zero-order valence-corrected chi connectivity index (χ0v) is 7.77. The first-order chi connectivity index (χ1) is 5.29. The van der Waals surface area contributed by atoms with Crippen molar-refractivity contribution in [2.24, 2.45) is 0 Å². The molecule has 0 amide bonds. The van der Waals surface area contributed by atoms with Gasteiger partial charge in [-0.3, -0.25) is 4.98 Å². The number of pyridine rings is 1. The Hall–Kier alpha value is -0.500. The number of aromatic nitrogens is 1. The van der Waals surface area contributed by atoms with E-state index >= 15 is 0 Å². The SMILES string of the molecule is CC(C)SCc1ccccn1. The van der Waals surface area contributed by atoms with Crippen molar-refractivity contribution in [3.63, 3.8) is 0 Å². The van der Waals surface area contributed by atoms with E-state index in [2.05, 4.69) is 24.9 Å². The fourth-order valence-electron chi connectivity index (χ4n) is 0.736. The summed E-state index contributed by atoms with van der Waals surface area (Å²) in [6.45, 7) is 4.40. The molecule has 1 nitrogen and oxygen atoms in total. The van der Waals surface area contributed by atoms with Gasteiger partial charge in [-0.2, -0.15) is 11.8 Å². The Balaban J connectivity index is 2.39. The molecule has 1 heterocycles. The minimum Gasteiger partial charge on any atom is -0.260 e. The first kappa shape index (κ1) is 8.60. The lowest BCUT2D eigenvalue weighted by atomic mass is 10.4. The van der Waals surface area contributed by atoms with Crippen LogP contribution in [-0.2, 0) is 5.75 Å². The van der Waals surface area contributed by atoms with Crippen molar-refractivity contribution < 1.29 is 0 Å². The standard InChI is InChI=1S/C9H13NS/c1-8(2)11-7-9-5-3-4-6-10-9/h3-6,8H,7H2,1-2H3. The predicted molar refractivity (Wildman–Crippen MR) is 50.7 cm³/mol. The summed E-state index contributed by atoms with van der Waals surface area (Å²) in [5, 5.41) is 0.692. The third-order valence-corrected chi connectivity index (χ3v) is 2.42. The molecule has 0 spiro atoms. The second-order valence-electron chi connectivity index (χ2n) is 2.68. The molecule has 0 N–H and O–H groups in total. The highest BCUT2D eigenvalue weighted by molar-refractivity contribution is 7.99. The van der Waals surface area contributed by atoms with Gasteiger partial charge in [0.25, 0.3) is 0 Å². The van der Waals surface area contributed by atoms with E-state index in [9.17, 15) is 0 Å². The molecule has 0 atom stereocenters. The van der Waals surface area contributed by atoms with E-state index in [4.69, 9.17) is 0 Å². The maximum absolute atomic E-state index is 4.23. The molecule has 0 radical (unpaired) electrons. The third-order valence-electron chi connectivity index (χ3n) is 1.29. The minimum atomic E-state index is 0.692.